The first-order valence-electron chi connectivity index (χ1n) is 14.5. The number of phenols is 3. The molecule has 3 nitrogen and oxygen atoms in total. The van der Waals surface area contributed by atoms with Gasteiger partial charge in [-0.15, -0.1) is 0 Å². The standard InChI is InChI=1S/C38H38O3/c1-4-25-17-19-34(39)30(21-25)36(28-13-9-7-10-14-28)32-23-27(6-3)24-33(38(32)41)37(29-15-11-8-12-16-29)31-22-26(5-2)18-20-35(31)40/h7-24,36-37,39-41H,4-6H2,1-3H3. The van der Waals surface area contributed by atoms with Crippen molar-refractivity contribution in [3.8, 4) is 17.2 Å². The van der Waals surface area contributed by atoms with Crippen molar-refractivity contribution in [2.45, 2.75) is 51.9 Å². The summed E-state index contributed by atoms with van der Waals surface area (Å²) in [5, 5.41) is 34.6. The van der Waals surface area contributed by atoms with E-state index >= 15 is 0 Å². The zero-order valence-electron chi connectivity index (χ0n) is 24.0. The van der Waals surface area contributed by atoms with Crippen LogP contribution < -0.4 is 0 Å². The van der Waals surface area contributed by atoms with E-state index in [4.69, 9.17) is 0 Å². The van der Waals surface area contributed by atoms with Crippen LogP contribution in [0.1, 0.15) is 82.7 Å². The maximum Gasteiger partial charge on any atom is 0.123 e. The minimum Gasteiger partial charge on any atom is -0.508 e. The first-order chi connectivity index (χ1) is 19.9. The van der Waals surface area contributed by atoms with Gasteiger partial charge in [0.1, 0.15) is 17.2 Å². The van der Waals surface area contributed by atoms with Gasteiger partial charge in [-0.05, 0) is 59.2 Å². The molecule has 41 heavy (non-hydrogen) atoms. The van der Waals surface area contributed by atoms with Crippen LogP contribution in [-0.2, 0) is 19.3 Å². The van der Waals surface area contributed by atoms with Crippen molar-refractivity contribution in [3.63, 3.8) is 0 Å². The van der Waals surface area contributed by atoms with Crippen LogP contribution in [0.15, 0.2) is 109 Å². The van der Waals surface area contributed by atoms with E-state index in [0.717, 1.165) is 69.3 Å². The van der Waals surface area contributed by atoms with Crippen LogP contribution in [0.3, 0.4) is 0 Å². The minimum atomic E-state index is -0.389. The summed E-state index contributed by atoms with van der Waals surface area (Å²) in [6.45, 7) is 6.31. The zero-order chi connectivity index (χ0) is 28.9. The van der Waals surface area contributed by atoms with Crippen molar-refractivity contribution < 1.29 is 15.3 Å². The molecule has 5 aromatic rings. The Morgan fingerprint density at radius 2 is 0.805 bits per heavy atom. The molecule has 0 heterocycles. The molecule has 0 aliphatic heterocycles. The summed E-state index contributed by atoms with van der Waals surface area (Å²) in [6.07, 6.45) is 2.44. The molecule has 0 saturated heterocycles. The van der Waals surface area contributed by atoms with Gasteiger partial charge in [0.05, 0.1) is 0 Å². The van der Waals surface area contributed by atoms with Crippen LogP contribution in [0.5, 0.6) is 17.2 Å². The van der Waals surface area contributed by atoms with Gasteiger partial charge in [-0.1, -0.05) is 118 Å². The lowest BCUT2D eigenvalue weighted by Crippen LogP contribution is -2.10. The topological polar surface area (TPSA) is 60.7 Å². The summed E-state index contributed by atoms with van der Waals surface area (Å²) in [5.41, 5.74) is 8.28. The number of hydrogen-bond acceptors (Lipinski definition) is 3. The number of aryl methyl sites for hydroxylation is 3. The molecule has 0 amide bonds. The average molecular weight is 543 g/mol. The molecule has 2 atom stereocenters. The largest absolute Gasteiger partial charge is 0.508 e. The van der Waals surface area contributed by atoms with Gasteiger partial charge < -0.3 is 15.3 Å². The smallest absolute Gasteiger partial charge is 0.123 e. The minimum absolute atomic E-state index is 0.174. The maximum atomic E-state index is 12.3. The first kappa shape index (κ1) is 28.0. The van der Waals surface area contributed by atoms with Crippen LogP contribution in [0.2, 0.25) is 0 Å². The zero-order valence-corrected chi connectivity index (χ0v) is 24.0. The molecular formula is C38H38O3. The van der Waals surface area contributed by atoms with Crippen LogP contribution in [0.4, 0.5) is 0 Å². The summed E-state index contributed by atoms with van der Waals surface area (Å²) in [4.78, 5) is 0. The van der Waals surface area contributed by atoms with Crippen LogP contribution in [0, 0.1) is 0 Å². The molecule has 0 aliphatic rings. The number of aromatic hydroxyl groups is 3. The number of rotatable bonds is 9. The summed E-state index contributed by atoms with van der Waals surface area (Å²) < 4.78 is 0. The van der Waals surface area contributed by atoms with Gasteiger partial charge in [0, 0.05) is 34.1 Å². The van der Waals surface area contributed by atoms with Gasteiger partial charge in [0.2, 0.25) is 0 Å². The first-order valence-corrected chi connectivity index (χ1v) is 14.5. The van der Waals surface area contributed by atoms with Gasteiger partial charge in [0.15, 0.2) is 0 Å². The predicted molar refractivity (Wildman–Crippen MR) is 167 cm³/mol. The fraction of sp³-hybridized carbons (Fsp3) is 0.211. The number of phenolic OH excluding ortho intramolecular Hbond substituents is 3. The van der Waals surface area contributed by atoms with Crippen LogP contribution in [0.25, 0.3) is 0 Å². The van der Waals surface area contributed by atoms with E-state index in [1.54, 1.807) is 12.1 Å². The van der Waals surface area contributed by atoms with Crippen LogP contribution in [-0.4, -0.2) is 15.3 Å². The van der Waals surface area contributed by atoms with Gasteiger partial charge in [-0.3, -0.25) is 0 Å². The Morgan fingerprint density at radius 1 is 0.439 bits per heavy atom. The van der Waals surface area contributed by atoms with Crippen molar-refractivity contribution in [2.24, 2.45) is 0 Å². The Bertz CT molecular complexity index is 1510. The van der Waals surface area contributed by atoms with Crippen LogP contribution >= 0.6 is 0 Å². The van der Waals surface area contributed by atoms with Gasteiger partial charge in [-0.25, -0.2) is 0 Å². The lowest BCUT2D eigenvalue weighted by atomic mass is 9.77. The Labute approximate surface area is 243 Å². The molecule has 2 unspecified atom stereocenters. The average Bonchev–Trinajstić information content (AvgIpc) is 3.01. The molecule has 0 radical (unpaired) electrons. The predicted octanol–water partition coefficient (Wildman–Crippen LogP) is 8.85. The van der Waals surface area contributed by atoms with Crippen molar-refractivity contribution in [3.05, 3.63) is 159 Å². The van der Waals surface area contributed by atoms with E-state index in [-0.39, 0.29) is 29.1 Å². The van der Waals surface area contributed by atoms with E-state index in [2.05, 4.69) is 45.0 Å². The highest BCUT2D eigenvalue weighted by Gasteiger charge is 2.29. The van der Waals surface area contributed by atoms with Gasteiger partial charge in [0.25, 0.3) is 0 Å². The lowest BCUT2D eigenvalue weighted by Gasteiger charge is -2.27. The van der Waals surface area contributed by atoms with E-state index < -0.39 is 0 Å². The second-order valence-corrected chi connectivity index (χ2v) is 10.7. The molecule has 5 aromatic carbocycles. The molecule has 3 N–H and O–H groups in total. The molecule has 208 valence electrons. The molecule has 0 fully saturated rings. The molecular weight excluding hydrogens is 504 g/mol. The van der Waals surface area contributed by atoms with E-state index in [1.165, 1.54) is 0 Å². The summed E-state index contributed by atoms with van der Waals surface area (Å²) in [5.74, 6) is -0.203. The summed E-state index contributed by atoms with van der Waals surface area (Å²) in [6, 6.07) is 35.8. The fourth-order valence-corrected chi connectivity index (χ4v) is 5.84. The molecule has 5 rings (SSSR count). The highest BCUT2D eigenvalue weighted by Crippen LogP contribution is 2.47. The molecule has 3 heteroatoms. The molecule has 0 aromatic heterocycles. The second kappa shape index (κ2) is 12.3. The van der Waals surface area contributed by atoms with Gasteiger partial charge in [-0.2, -0.15) is 0 Å². The second-order valence-electron chi connectivity index (χ2n) is 10.7. The van der Waals surface area contributed by atoms with Crippen molar-refractivity contribution >= 4 is 0 Å². The Balaban J connectivity index is 1.82. The summed E-state index contributed by atoms with van der Waals surface area (Å²) >= 11 is 0. The highest BCUT2D eigenvalue weighted by atomic mass is 16.3. The number of hydrogen-bond donors (Lipinski definition) is 3. The normalized spacial score (nSPS) is 12.7. The van der Waals surface area contributed by atoms with E-state index in [0.29, 0.717) is 0 Å². The van der Waals surface area contributed by atoms with Crippen molar-refractivity contribution in [1.82, 2.24) is 0 Å². The monoisotopic (exact) mass is 542 g/mol. The SMILES string of the molecule is CCc1ccc(O)c(C(c2ccccc2)c2cc(CC)cc(C(c3ccccc3)c3cc(CC)ccc3O)c2O)c1. The molecule has 0 spiro atoms. The van der Waals surface area contributed by atoms with Crippen molar-refractivity contribution in [1.29, 1.82) is 0 Å². The van der Waals surface area contributed by atoms with E-state index in [9.17, 15) is 15.3 Å². The molecule has 0 saturated carbocycles. The Hall–Kier alpha value is -4.50. The highest BCUT2D eigenvalue weighted by molar-refractivity contribution is 5.61. The van der Waals surface area contributed by atoms with E-state index in [1.807, 2.05) is 72.8 Å². The Morgan fingerprint density at radius 3 is 1.17 bits per heavy atom. The lowest BCUT2D eigenvalue weighted by molar-refractivity contribution is 0.450. The Kier molecular flexibility index (Phi) is 8.45. The van der Waals surface area contributed by atoms with Crippen molar-refractivity contribution in [2.75, 3.05) is 0 Å². The van der Waals surface area contributed by atoms with Gasteiger partial charge >= 0.3 is 0 Å². The molecule has 0 bridgehead atoms. The third-order valence-electron chi connectivity index (χ3n) is 8.15. The maximum absolute atomic E-state index is 12.3. The quantitative estimate of drug-likeness (QED) is 0.163. The third-order valence-corrected chi connectivity index (χ3v) is 8.15. The third kappa shape index (κ3) is 5.71. The summed E-state index contributed by atoms with van der Waals surface area (Å²) in [7, 11) is 0. The molecule has 0 aliphatic carbocycles. The fourth-order valence-electron chi connectivity index (χ4n) is 5.84. The number of benzene rings is 5.